The van der Waals surface area contributed by atoms with E-state index in [2.05, 4.69) is 35.1 Å². The van der Waals surface area contributed by atoms with E-state index in [4.69, 9.17) is 5.73 Å². The molecule has 3 nitrogen and oxygen atoms in total. The van der Waals surface area contributed by atoms with Crippen LogP contribution in [0, 0.1) is 0 Å². The molecule has 1 aromatic heterocycles. The Labute approximate surface area is 127 Å². The van der Waals surface area contributed by atoms with Gasteiger partial charge in [-0.25, -0.2) is 4.98 Å². The lowest BCUT2D eigenvalue weighted by atomic mass is 10.0. The first-order valence-corrected chi connectivity index (χ1v) is 8.91. The lowest BCUT2D eigenvalue weighted by Crippen LogP contribution is -2.26. The first-order valence-electron chi connectivity index (χ1n) is 7.86. The number of anilines is 1. The summed E-state index contributed by atoms with van der Waals surface area (Å²) in [6, 6.07) is 4.42. The number of nitrogens with zero attached hydrogens (tertiary/aromatic N) is 1. The SMILES string of the molecule is CCCNC(CSC1CCCCC1)c1cccnc1N. The van der Waals surface area contributed by atoms with Crippen LogP contribution in [0.25, 0.3) is 0 Å². The topological polar surface area (TPSA) is 50.9 Å². The largest absolute Gasteiger partial charge is 0.383 e. The molecule has 0 spiro atoms. The highest BCUT2D eigenvalue weighted by Crippen LogP contribution is 2.31. The highest BCUT2D eigenvalue weighted by atomic mass is 32.2. The summed E-state index contributed by atoms with van der Waals surface area (Å²) in [6.07, 6.45) is 9.90. The Balaban J connectivity index is 1.94. The normalized spacial score (nSPS) is 18.1. The van der Waals surface area contributed by atoms with Gasteiger partial charge in [-0.15, -0.1) is 0 Å². The van der Waals surface area contributed by atoms with Crippen LogP contribution >= 0.6 is 11.8 Å². The molecular formula is C16H27N3S. The third kappa shape index (κ3) is 4.67. The van der Waals surface area contributed by atoms with Crippen molar-refractivity contribution in [3.05, 3.63) is 23.9 Å². The number of aromatic nitrogens is 1. The van der Waals surface area contributed by atoms with Gasteiger partial charge >= 0.3 is 0 Å². The van der Waals surface area contributed by atoms with Crippen molar-refractivity contribution in [3.8, 4) is 0 Å². The number of hydrogen-bond donors (Lipinski definition) is 2. The van der Waals surface area contributed by atoms with Crippen LogP contribution in [0.15, 0.2) is 18.3 Å². The molecule has 1 aromatic rings. The summed E-state index contributed by atoms with van der Waals surface area (Å²) < 4.78 is 0. The van der Waals surface area contributed by atoms with Crippen LogP contribution in [0.2, 0.25) is 0 Å². The highest BCUT2D eigenvalue weighted by molar-refractivity contribution is 7.99. The van der Waals surface area contributed by atoms with Crippen molar-refractivity contribution in [2.45, 2.75) is 56.7 Å². The minimum atomic E-state index is 0.329. The summed E-state index contributed by atoms with van der Waals surface area (Å²) in [4.78, 5) is 4.23. The summed E-state index contributed by atoms with van der Waals surface area (Å²) in [5.74, 6) is 1.77. The second-order valence-electron chi connectivity index (χ2n) is 5.58. The van der Waals surface area contributed by atoms with Crippen LogP contribution < -0.4 is 11.1 Å². The predicted molar refractivity (Wildman–Crippen MR) is 89.0 cm³/mol. The Morgan fingerprint density at radius 1 is 1.40 bits per heavy atom. The molecule has 0 aromatic carbocycles. The third-order valence-corrected chi connectivity index (χ3v) is 5.41. The van der Waals surface area contributed by atoms with Gasteiger partial charge in [0.1, 0.15) is 5.82 Å². The maximum absolute atomic E-state index is 6.04. The molecule has 20 heavy (non-hydrogen) atoms. The Morgan fingerprint density at radius 2 is 2.20 bits per heavy atom. The zero-order chi connectivity index (χ0) is 14.2. The Morgan fingerprint density at radius 3 is 2.90 bits per heavy atom. The smallest absolute Gasteiger partial charge is 0.128 e. The lowest BCUT2D eigenvalue weighted by Gasteiger charge is -2.25. The number of nitrogens with one attached hydrogen (secondary N) is 1. The van der Waals surface area contributed by atoms with E-state index < -0.39 is 0 Å². The molecule has 112 valence electrons. The molecular weight excluding hydrogens is 266 g/mol. The molecule has 1 fully saturated rings. The predicted octanol–water partition coefficient (Wildman–Crippen LogP) is 3.77. The highest BCUT2D eigenvalue weighted by Gasteiger charge is 2.19. The van der Waals surface area contributed by atoms with Crippen molar-refractivity contribution in [1.82, 2.24) is 10.3 Å². The first-order chi connectivity index (χ1) is 9.81. The number of nitrogens with two attached hydrogens (primary N) is 1. The fourth-order valence-corrected chi connectivity index (χ4v) is 4.19. The summed E-state index contributed by atoms with van der Waals surface area (Å²) in [7, 11) is 0. The van der Waals surface area contributed by atoms with Gasteiger partial charge in [0.2, 0.25) is 0 Å². The van der Waals surface area contributed by atoms with Gasteiger partial charge in [-0.3, -0.25) is 0 Å². The van der Waals surface area contributed by atoms with Gasteiger partial charge in [0.15, 0.2) is 0 Å². The van der Waals surface area contributed by atoms with Gasteiger partial charge in [0.25, 0.3) is 0 Å². The van der Waals surface area contributed by atoms with Crippen LogP contribution in [0.1, 0.15) is 57.1 Å². The molecule has 1 aliphatic rings. The van der Waals surface area contributed by atoms with Crippen molar-refractivity contribution in [1.29, 1.82) is 0 Å². The van der Waals surface area contributed by atoms with Crippen molar-refractivity contribution in [2.75, 3.05) is 18.0 Å². The van der Waals surface area contributed by atoms with Crippen LogP contribution in [0.3, 0.4) is 0 Å². The molecule has 0 bridgehead atoms. The number of rotatable bonds is 7. The zero-order valence-electron chi connectivity index (χ0n) is 12.5. The molecule has 2 rings (SSSR count). The van der Waals surface area contributed by atoms with E-state index in [1.165, 1.54) is 32.1 Å². The minimum absolute atomic E-state index is 0.329. The molecule has 1 aliphatic carbocycles. The maximum atomic E-state index is 6.04. The molecule has 0 radical (unpaired) electrons. The fourth-order valence-electron chi connectivity index (χ4n) is 2.77. The van der Waals surface area contributed by atoms with E-state index in [0.717, 1.165) is 29.5 Å². The Bertz CT molecular complexity index is 391. The summed E-state index contributed by atoms with van der Waals surface area (Å²) >= 11 is 2.11. The number of hydrogen-bond acceptors (Lipinski definition) is 4. The molecule has 1 unspecified atom stereocenters. The lowest BCUT2D eigenvalue weighted by molar-refractivity contribution is 0.513. The van der Waals surface area contributed by atoms with E-state index in [1.54, 1.807) is 6.20 Å². The second-order valence-corrected chi connectivity index (χ2v) is 6.91. The molecule has 0 aliphatic heterocycles. The molecule has 1 heterocycles. The van der Waals surface area contributed by atoms with E-state index in [9.17, 15) is 0 Å². The molecule has 0 saturated heterocycles. The quantitative estimate of drug-likeness (QED) is 0.803. The monoisotopic (exact) mass is 293 g/mol. The van der Waals surface area contributed by atoms with E-state index in [0.29, 0.717) is 11.9 Å². The van der Waals surface area contributed by atoms with E-state index in [-0.39, 0.29) is 0 Å². The summed E-state index contributed by atoms with van der Waals surface area (Å²) in [6.45, 7) is 3.23. The molecule has 1 saturated carbocycles. The average molecular weight is 293 g/mol. The van der Waals surface area contributed by atoms with Crippen molar-refractivity contribution >= 4 is 17.6 Å². The van der Waals surface area contributed by atoms with Gasteiger partial charge in [0, 0.05) is 28.8 Å². The van der Waals surface area contributed by atoms with Gasteiger partial charge in [0.05, 0.1) is 0 Å². The average Bonchev–Trinajstić information content (AvgIpc) is 2.49. The Kier molecular flexibility index (Phi) is 6.67. The third-order valence-electron chi connectivity index (χ3n) is 3.94. The second kappa shape index (κ2) is 8.53. The van der Waals surface area contributed by atoms with Crippen molar-refractivity contribution in [2.24, 2.45) is 0 Å². The van der Waals surface area contributed by atoms with E-state index >= 15 is 0 Å². The van der Waals surface area contributed by atoms with Gasteiger partial charge in [-0.1, -0.05) is 32.3 Å². The molecule has 4 heteroatoms. The first kappa shape index (κ1) is 15.6. The van der Waals surface area contributed by atoms with Gasteiger partial charge in [-0.05, 0) is 31.9 Å². The van der Waals surface area contributed by atoms with Crippen LogP contribution in [0.5, 0.6) is 0 Å². The fraction of sp³-hybridized carbons (Fsp3) is 0.688. The zero-order valence-corrected chi connectivity index (χ0v) is 13.3. The molecule has 3 N–H and O–H groups in total. The minimum Gasteiger partial charge on any atom is -0.383 e. The van der Waals surface area contributed by atoms with Gasteiger partial charge in [-0.2, -0.15) is 11.8 Å². The van der Waals surface area contributed by atoms with E-state index in [1.807, 2.05) is 6.07 Å². The standard InChI is InChI=1S/C16H27N3S/c1-2-10-18-15(14-9-6-11-19-16(14)17)12-20-13-7-4-3-5-8-13/h6,9,11,13,15,18H,2-5,7-8,10,12H2,1H3,(H2,17,19). The van der Waals surface area contributed by atoms with Crippen molar-refractivity contribution in [3.63, 3.8) is 0 Å². The number of thioether (sulfide) groups is 1. The summed E-state index contributed by atoms with van der Waals surface area (Å²) in [5.41, 5.74) is 7.20. The Hall–Kier alpha value is -0.740. The number of pyridine rings is 1. The van der Waals surface area contributed by atoms with Gasteiger partial charge < -0.3 is 11.1 Å². The summed E-state index contributed by atoms with van der Waals surface area (Å²) in [5, 5.41) is 4.47. The van der Waals surface area contributed by atoms with Crippen LogP contribution in [-0.4, -0.2) is 22.5 Å². The molecule has 1 atom stereocenters. The number of nitrogen functional groups attached to an aromatic ring is 1. The molecule has 0 amide bonds. The maximum Gasteiger partial charge on any atom is 0.128 e. The van der Waals surface area contributed by atoms with Crippen molar-refractivity contribution < 1.29 is 0 Å². The van der Waals surface area contributed by atoms with Crippen LogP contribution in [-0.2, 0) is 0 Å². The van der Waals surface area contributed by atoms with Crippen LogP contribution in [0.4, 0.5) is 5.82 Å².